The highest BCUT2D eigenvalue weighted by molar-refractivity contribution is 9.10. The lowest BCUT2D eigenvalue weighted by Crippen LogP contribution is -1.96. The van der Waals surface area contributed by atoms with Crippen molar-refractivity contribution >= 4 is 28.1 Å². The van der Waals surface area contributed by atoms with Gasteiger partial charge in [0.2, 0.25) is 0 Å². The van der Waals surface area contributed by atoms with Crippen LogP contribution in [0.2, 0.25) is 0 Å². The number of aromatic amines is 1. The van der Waals surface area contributed by atoms with Crippen LogP contribution in [0.4, 0.5) is 0 Å². The molecule has 86 valence electrons. The molecule has 2 aromatic heterocycles. The molecule has 1 aliphatic rings. The van der Waals surface area contributed by atoms with E-state index in [2.05, 4.69) is 30.9 Å². The number of nitrogens with one attached hydrogen (secondary N) is 1. The van der Waals surface area contributed by atoms with Gasteiger partial charge in [0.1, 0.15) is 10.3 Å². The van der Waals surface area contributed by atoms with E-state index in [9.17, 15) is 0 Å². The summed E-state index contributed by atoms with van der Waals surface area (Å²) in [7, 11) is 0. The van der Waals surface area contributed by atoms with Gasteiger partial charge in [-0.15, -0.1) is 0 Å². The monoisotopic (exact) mass is 307 g/mol. The van der Waals surface area contributed by atoms with E-state index >= 15 is 0 Å². The van der Waals surface area contributed by atoms with Gasteiger partial charge in [0.15, 0.2) is 5.82 Å². The van der Waals surface area contributed by atoms with Crippen LogP contribution in [0.25, 0.3) is 11.5 Å². The molecule has 3 nitrogen and oxygen atoms in total. The first kappa shape index (κ1) is 11.0. The van der Waals surface area contributed by atoms with Crippen molar-refractivity contribution in [2.24, 2.45) is 0 Å². The normalized spacial score (nSPS) is 14.9. The predicted molar refractivity (Wildman–Crippen MR) is 72.3 cm³/mol. The Bertz CT molecular complexity index is 602. The highest BCUT2D eigenvalue weighted by Crippen LogP contribution is 2.39. The average Bonchev–Trinajstić information content (AvgIpc) is 3.13. The minimum absolute atomic E-state index is 0.630. The lowest BCUT2D eigenvalue weighted by Gasteiger charge is -2.04. The third-order valence-electron chi connectivity index (χ3n) is 2.75. The Morgan fingerprint density at radius 1 is 1.35 bits per heavy atom. The molecule has 0 amide bonds. The van der Waals surface area contributed by atoms with Gasteiger partial charge in [0, 0.05) is 16.4 Å². The van der Waals surface area contributed by atoms with Gasteiger partial charge in [0.05, 0.1) is 0 Å². The molecule has 1 saturated carbocycles. The number of halogens is 1. The van der Waals surface area contributed by atoms with E-state index in [-0.39, 0.29) is 0 Å². The molecule has 0 saturated heterocycles. The molecule has 17 heavy (non-hydrogen) atoms. The second-order valence-corrected chi connectivity index (χ2v) is 5.49. The summed E-state index contributed by atoms with van der Waals surface area (Å²) in [6.07, 6.45) is 4.24. The largest absolute Gasteiger partial charge is 0.342 e. The number of H-pyrrole nitrogens is 1. The van der Waals surface area contributed by atoms with E-state index in [4.69, 9.17) is 12.2 Å². The maximum absolute atomic E-state index is 5.19. The molecule has 0 radical (unpaired) electrons. The molecule has 2 aromatic rings. The first-order valence-corrected chi connectivity index (χ1v) is 6.66. The quantitative estimate of drug-likeness (QED) is 0.857. The highest BCUT2D eigenvalue weighted by atomic mass is 79.9. The number of pyridine rings is 1. The van der Waals surface area contributed by atoms with Crippen LogP contribution in [0.3, 0.4) is 0 Å². The minimum atomic E-state index is 0.630. The summed E-state index contributed by atoms with van der Waals surface area (Å²) in [5.41, 5.74) is 2.01. The zero-order valence-electron chi connectivity index (χ0n) is 8.98. The van der Waals surface area contributed by atoms with Crippen molar-refractivity contribution in [1.82, 2.24) is 15.0 Å². The van der Waals surface area contributed by atoms with Gasteiger partial charge >= 0.3 is 0 Å². The smallest absolute Gasteiger partial charge is 0.157 e. The summed E-state index contributed by atoms with van der Waals surface area (Å²) in [5.74, 6) is 1.39. The van der Waals surface area contributed by atoms with E-state index in [1.807, 2.05) is 18.2 Å². The molecule has 1 aliphatic carbocycles. The fourth-order valence-electron chi connectivity index (χ4n) is 1.73. The summed E-state index contributed by atoms with van der Waals surface area (Å²) < 4.78 is 1.59. The summed E-state index contributed by atoms with van der Waals surface area (Å²) in [5, 5.41) is 0. The Labute approximate surface area is 112 Å². The summed E-state index contributed by atoms with van der Waals surface area (Å²) in [6.45, 7) is 0. The van der Waals surface area contributed by atoms with E-state index in [1.54, 1.807) is 6.20 Å². The molecule has 3 rings (SSSR count). The van der Waals surface area contributed by atoms with Crippen LogP contribution in [0.1, 0.15) is 24.5 Å². The second kappa shape index (κ2) is 4.31. The van der Waals surface area contributed by atoms with Crippen molar-refractivity contribution in [2.75, 3.05) is 0 Å². The van der Waals surface area contributed by atoms with Crippen LogP contribution in [0.15, 0.2) is 28.9 Å². The number of hydrogen-bond acceptors (Lipinski definition) is 3. The summed E-state index contributed by atoms with van der Waals surface area (Å²) in [4.78, 5) is 12.0. The van der Waals surface area contributed by atoms with Crippen molar-refractivity contribution in [2.45, 2.75) is 18.8 Å². The van der Waals surface area contributed by atoms with Crippen molar-refractivity contribution in [3.8, 4) is 11.5 Å². The third-order valence-corrected chi connectivity index (χ3v) is 3.43. The van der Waals surface area contributed by atoms with Crippen LogP contribution in [-0.2, 0) is 0 Å². The zero-order chi connectivity index (χ0) is 11.8. The molecule has 0 aliphatic heterocycles. The lowest BCUT2D eigenvalue weighted by atomic mass is 10.2. The lowest BCUT2D eigenvalue weighted by molar-refractivity contribution is 0.981. The summed E-state index contributed by atoms with van der Waals surface area (Å²) >= 11 is 8.56. The molecule has 2 heterocycles. The van der Waals surface area contributed by atoms with Gasteiger partial charge in [-0.3, -0.25) is 4.98 Å². The molecule has 0 aromatic carbocycles. The molecule has 0 bridgehead atoms. The second-order valence-electron chi connectivity index (χ2n) is 4.16. The van der Waals surface area contributed by atoms with Gasteiger partial charge in [-0.05, 0) is 52.9 Å². The Hall–Kier alpha value is -1.07. The maximum atomic E-state index is 5.19. The van der Waals surface area contributed by atoms with Crippen molar-refractivity contribution in [3.63, 3.8) is 0 Å². The number of rotatable bonds is 2. The van der Waals surface area contributed by atoms with E-state index < -0.39 is 0 Å². The van der Waals surface area contributed by atoms with Crippen LogP contribution in [0.5, 0.6) is 0 Å². The first-order valence-electron chi connectivity index (χ1n) is 5.45. The number of aromatic nitrogens is 3. The van der Waals surface area contributed by atoms with Crippen molar-refractivity contribution in [1.29, 1.82) is 0 Å². The van der Waals surface area contributed by atoms with Crippen LogP contribution in [-0.4, -0.2) is 15.0 Å². The van der Waals surface area contributed by atoms with E-state index in [1.165, 1.54) is 18.5 Å². The van der Waals surface area contributed by atoms with Crippen molar-refractivity contribution in [3.05, 3.63) is 39.2 Å². The third kappa shape index (κ3) is 2.45. The molecule has 0 spiro atoms. The topological polar surface area (TPSA) is 41.6 Å². The van der Waals surface area contributed by atoms with Gasteiger partial charge in [-0.25, -0.2) is 4.98 Å². The van der Waals surface area contributed by atoms with Gasteiger partial charge in [-0.1, -0.05) is 12.2 Å². The first-order chi connectivity index (χ1) is 8.22. The molecule has 5 heteroatoms. The van der Waals surface area contributed by atoms with Gasteiger partial charge < -0.3 is 4.98 Å². The van der Waals surface area contributed by atoms with Gasteiger partial charge in [-0.2, -0.15) is 0 Å². The Morgan fingerprint density at radius 2 is 2.18 bits per heavy atom. The summed E-state index contributed by atoms with van der Waals surface area (Å²) in [6, 6.07) is 5.83. The molecule has 1 N–H and O–H groups in total. The number of nitrogens with zero attached hydrogens (tertiary/aromatic N) is 2. The predicted octanol–water partition coefficient (Wildman–Crippen LogP) is 3.84. The van der Waals surface area contributed by atoms with Gasteiger partial charge in [0.25, 0.3) is 0 Å². The Morgan fingerprint density at radius 3 is 2.82 bits per heavy atom. The average molecular weight is 308 g/mol. The standard InChI is InChI=1S/C12H10BrN3S/c13-8-3-4-9(14-6-8)12-15-10(7-1-2-7)5-11(17)16-12/h3-7H,1-2H2,(H,15,16,17). The minimum Gasteiger partial charge on any atom is -0.342 e. The fourth-order valence-corrected chi connectivity index (χ4v) is 2.18. The van der Waals surface area contributed by atoms with Crippen LogP contribution < -0.4 is 0 Å². The molecule has 0 atom stereocenters. The Kier molecular flexibility index (Phi) is 2.80. The molecular weight excluding hydrogens is 298 g/mol. The fraction of sp³-hybridized carbons (Fsp3) is 0.250. The molecule has 1 fully saturated rings. The van der Waals surface area contributed by atoms with Crippen molar-refractivity contribution < 1.29 is 0 Å². The number of hydrogen-bond donors (Lipinski definition) is 1. The maximum Gasteiger partial charge on any atom is 0.157 e. The van der Waals surface area contributed by atoms with Crippen LogP contribution >= 0.6 is 28.1 Å². The van der Waals surface area contributed by atoms with E-state index in [0.717, 1.165) is 16.0 Å². The highest BCUT2D eigenvalue weighted by Gasteiger charge is 2.24. The SMILES string of the molecule is S=c1cc(C2CC2)[nH]c(-c2ccc(Br)cn2)n1. The van der Waals surface area contributed by atoms with E-state index in [0.29, 0.717) is 10.6 Å². The molecular formula is C12H10BrN3S. The zero-order valence-corrected chi connectivity index (χ0v) is 11.4. The van der Waals surface area contributed by atoms with Crippen LogP contribution in [0, 0.1) is 4.64 Å². The molecule has 0 unspecified atom stereocenters. The Balaban J connectivity index is 2.07.